The third-order valence-corrected chi connectivity index (χ3v) is 7.64. The molecule has 35 heavy (non-hydrogen) atoms. The first-order valence-corrected chi connectivity index (χ1v) is 12.4. The number of hydrogen-bond donors (Lipinski definition) is 0. The van der Waals surface area contributed by atoms with Crippen molar-refractivity contribution in [3.8, 4) is 11.8 Å². The zero-order chi connectivity index (χ0) is 24.4. The Balaban J connectivity index is 1.33. The van der Waals surface area contributed by atoms with E-state index in [1.165, 1.54) is 23.9 Å². The Hall–Kier alpha value is -3.47. The summed E-state index contributed by atoms with van der Waals surface area (Å²) in [6.45, 7) is 0.685. The number of halogens is 2. The van der Waals surface area contributed by atoms with Crippen LogP contribution < -0.4 is 9.64 Å². The monoisotopic (exact) mass is 505 g/mol. The molecule has 2 heterocycles. The van der Waals surface area contributed by atoms with Gasteiger partial charge >= 0.3 is 0 Å². The first kappa shape index (κ1) is 23.3. The molecule has 2 aliphatic rings. The van der Waals surface area contributed by atoms with Crippen molar-refractivity contribution in [3.05, 3.63) is 105 Å². The first-order valence-electron chi connectivity index (χ1n) is 11.1. The van der Waals surface area contributed by atoms with Crippen LogP contribution in [0.15, 0.2) is 83.4 Å². The average molecular weight is 506 g/mol. The van der Waals surface area contributed by atoms with Gasteiger partial charge in [0.1, 0.15) is 18.2 Å². The quantitative estimate of drug-likeness (QED) is 0.408. The van der Waals surface area contributed by atoms with E-state index >= 15 is 0 Å². The third kappa shape index (κ3) is 4.86. The molecule has 1 saturated heterocycles. The van der Waals surface area contributed by atoms with Crippen molar-refractivity contribution in [2.45, 2.75) is 18.9 Å². The Labute approximate surface area is 212 Å². The van der Waals surface area contributed by atoms with Crippen LogP contribution in [-0.2, 0) is 11.4 Å². The van der Waals surface area contributed by atoms with Crippen LogP contribution in [0.2, 0.25) is 5.02 Å². The van der Waals surface area contributed by atoms with Crippen LogP contribution in [0.25, 0.3) is 0 Å². The van der Waals surface area contributed by atoms with Crippen molar-refractivity contribution in [3.63, 3.8) is 0 Å². The summed E-state index contributed by atoms with van der Waals surface area (Å²) in [6, 6.07) is 23.6. The summed E-state index contributed by atoms with van der Waals surface area (Å²) < 4.78 is 19.2. The van der Waals surface area contributed by atoms with Crippen LogP contribution in [0.4, 0.5) is 10.1 Å². The normalized spacial score (nSPS) is 17.7. The number of fused-ring (bicyclic) bond motifs is 1. The Kier molecular flexibility index (Phi) is 6.67. The van der Waals surface area contributed by atoms with Crippen molar-refractivity contribution in [1.29, 1.82) is 5.26 Å². The van der Waals surface area contributed by atoms with E-state index in [-0.39, 0.29) is 24.1 Å². The second kappa shape index (κ2) is 10.0. The van der Waals surface area contributed by atoms with Gasteiger partial charge in [0.05, 0.1) is 29.2 Å². The summed E-state index contributed by atoms with van der Waals surface area (Å²) >= 11 is 7.65. The number of nitriles is 1. The molecule has 8 heteroatoms. The predicted octanol–water partition coefficient (Wildman–Crippen LogP) is 6.28. The summed E-state index contributed by atoms with van der Waals surface area (Å²) in [4.78, 5) is 16.8. The van der Waals surface area contributed by atoms with Crippen LogP contribution in [0.3, 0.4) is 0 Å². The molecule has 5 nitrogen and oxygen atoms in total. The van der Waals surface area contributed by atoms with E-state index in [9.17, 15) is 14.4 Å². The third-order valence-electron chi connectivity index (χ3n) is 6.12. The standard InChI is InChI=1S/C27H21ClFN3O2S/c28-25-4-2-1-3-19(25)15-34-22-11-5-18(6-12-22)23-13-26(33)32-16-31(17-35-27(32)24(23)14-30)21-9-7-20(29)8-10-21/h1-12,23H,13,15-17H2/t23-/m0/s1. The molecule has 1 fully saturated rings. The number of carbonyl (C=O) groups is 1. The highest BCUT2D eigenvalue weighted by molar-refractivity contribution is 8.03. The largest absolute Gasteiger partial charge is 0.489 e. The lowest BCUT2D eigenvalue weighted by atomic mass is 9.86. The molecule has 0 bridgehead atoms. The molecule has 3 aromatic carbocycles. The van der Waals surface area contributed by atoms with Crippen molar-refractivity contribution >= 4 is 35.0 Å². The van der Waals surface area contributed by atoms with Crippen molar-refractivity contribution < 1.29 is 13.9 Å². The second-order valence-corrected chi connectivity index (χ2v) is 9.63. The maximum atomic E-state index is 13.3. The number of carbonyl (C=O) groups excluding carboxylic acids is 1. The zero-order valence-electron chi connectivity index (χ0n) is 18.7. The van der Waals surface area contributed by atoms with Crippen LogP contribution in [0, 0.1) is 17.1 Å². The average Bonchev–Trinajstić information content (AvgIpc) is 2.89. The van der Waals surface area contributed by atoms with E-state index in [0.29, 0.717) is 40.5 Å². The Bertz CT molecular complexity index is 1320. The lowest BCUT2D eigenvalue weighted by molar-refractivity contribution is -0.129. The summed E-state index contributed by atoms with van der Waals surface area (Å²) in [6.07, 6.45) is 0.212. The van der Waals surface area contributed by atoms with E-state index in [0.717, 1.165) is 16.8 Å². The molecule has 1 atom stereocenters. The van der Waals surface area contributed by atoms with Gasteiger partial charge in [0.15, 0.2) is 0 Å². The van der Waals surface area contributed by atoms with Gasteiger partial charge in [-0.05, 0) is 48.0 Å². The fourth-order valence-corrected chi connectivity index (χ4v) is 5.59. The van der Waals surface area contributed by atoms with E-state index in [1.54, 1.807) is 17.0 Å². The summed E-state index contributed by atoms with van der Waals surface area (Å²) in [5.41, 5.74) is 3.22. The molecule has 0 aliphatic carbocycles. The molecular formula is C27H21ClFN3O2S. The molecule has 3 aromatic rings. The molecule has 0 radical (unpaired) electrons. The minimum Gasteiger partial charge on any atom is -0.489 e. The molecule has 0 spiro atoms. The molecular weight excluding hydrogens is 485 g/mol. The van der Waals surface area contributed by atoms with E-state index in [2.05, 4.69) is 6.07 Å². The van der Waals surface area contributed by atoms with Gasteiger partial charge < -0.3 is 9.64 Å². The Morgan fingerprint density at radius 3 is 2.54 bits per heavy atom. The fourth-order valence-electron chi connectivity index (χ4n) is 4.24. The first-order chi connectivity index (χ1) is 17.0. The van der Waals surface area contributed by atoms with E-state index < -0.39 is 0 Å². The Morgan fingerprint density at radius 2 is 1.83 bits per heavy atom. The molecule has 176 valence electrons. The van der Waals surface area contributed by atoms with E-state index in [1.807, 2.05) is 53.4 Å². The minimum absolute atomic E-state index is 0.0395. The molecule has 2 aliphatic heterocycles. The van der Waals surface area contributed by atoms with Gasteiger partial charge in [-0.3, -0.25) is 9.69 Å². The van der Waals surface area contributed by atoms with Gasteiger partial charge in [-0.2, -0.15) is 5.26 Å². The lowest BCUT2D eigenvalue weighted by Gasteiger charge is -2.42. The number of hydrogen-bond acceptors (Lipinski definition) is 5. The highest BCUT2D eigenvalue weighted by Crippen LogP contribution is 2.43. The number of rotatable bonds is 5. The van der Waals surface area contributed by atoms with Gasteiger partial charge in [0, 0.05) is 28.6 Å². The number of allylic oxidation sites excluding steroid dienone is 1. The van der Waals surface area contributed by atoms with Gasteiger partial charge in [-0.1, -0.05) is 53.7 Å². The topological polar surface area (TPSA) is 56.6 Å². The number of nitrogens with zero attached hydrogens (tertiary/aromatic N) is 3. The number of ether oxygens (including phenoxy) is 1. The van der Waals surface area contributed by atoms with Crippen LogP contribution >= 0.6 is 23.4 Å². The van der Waals surface area contributed by atoms with Crippen LogP contribution in [0.5, 0.6) is 5.75 Å². The summed E-state index contributed by atoms with van der Waals surface area (Å²) in [7, 11) is 0. The SMILES string of the molecule is N#CC1=C2SCN(c3ccc(F)cc3)CN2C(=O)C[C@H]1c1ccc(OCc2ccccc2Cl)cc1. The van der Waals surface area contributed by atoms with Crippen molar-refractivity contribution in [1.82, 2.24) is 4.90 Å². The van der Waals surface area contributed by atoms with Gasteiger partial charge in [0.2, 0.25) is 5.91 Å². The molecule has 0 saturated carbocycles. The van der Waals surface area contributed by atoms with Crippen LogP contribution in [0.1, 0.15) is 23.5 Å². The highest BCUT2D eigenvalue weighted by atomic mass is 35.5. The maximum Gasteiger partial charge on any atom is 0.229 e. The number of thioether (sulfide) groups is 1. The predicted molar refractivity (Wildman–Crippen MR) is 135 cm³/mol. The zero-order valence-corrected chi connectivity index (χ0v) is 20.2. The van der Waals surface area contributed by atoms with Gasteiger partial charge in [0.25, 0.3) is 0 Å². The molecule has 0 aromatic heterocycles. The fraction of sp³-hybridized carbons (Fsp3) is 0.185. The van der Waals surface area contributed by atoms with Crippen molar-refractivity contribution in [2.75, 3.05) is 17.4 Å². The highest BCUT2D eigenvalue weighted by Gasteiger charge is 2.38. The summed E-state index contributed by atoms with van der Waals surface area (Å²) in [5, 5.41) is 11.4. The maximum absolute atomic E-state index is 13.3. The van der Waals surface area contributed by atoms with Crippen molar-refractivity contribution in [2.24, 2.45) is 0 Å². The lowest BCUT2D eigenvalue weighted by Crippen LogP contribution is -2.47. The molecule has 0 N–H and O–H groups in total. The van der Waals surface area contributed by atoms with Gasteiger partial charge in [-0.25, -0.2) is 4.39 Å². The number of anilines is 1. The molecule has 0 unspecified atom stereocenters. The smallest absolute Gasteiger partial charge is 0.229 e. The van der Waals surface area contributed by atoms with Crippen LogP contribution in [-0.4, -0.2) is 23.4 Å². The minimum atomic E-state index is -0.304. The summed E-state index contributed by atoms with van der Waals surface area (Å²) in [5.74, 6) is 0.606. The van der Waals surface area contributed by atoms with E-state index in [4.69, 9.17) is 16.3 Å². The van der Waals surface area contributed by atoms with Gasteiger partial charge in [-0.15, -0.1) is 0 Å². The number of benzene rings is 3. The second-order valence-electron chi connectivity index (χ2n) is 8.29. The number of amides is 1. The molecule has 1 amide bonds. The Morgan fingerprint density at radius 1 is 1.09 bits per heavy atom. The molecule has 5 rings (SSSR count).